The number of aromatic nitrogens is 6. The van der Waals surface area contributed by atoms with Gasteiger partial charge >= 0.3 is 0 Å². The topological polar surface area (TPSA) is 157 Å². The van der Waals surface area contributed by atoms with E-state index in [4.69, 9.17) is 19.9 Å². The Morgan fingerprint density at radius 2 is 0.724 bits per heavy atom. The van der Waals surface area contributed by atoms with Gasteiger partial charge in [-0.1, -0.05) is 109 Å². The lowest BCUT2D eigenvalue weighted by Gasteiger charge is -2.19. The standard InChI is InChI=1S/C66H36N10/c67-37-41-28-42(38-68)31-50(30-41)47-21-24-59-54(34-47)52-16-7-9-18-57(52)75(59)61-26-23-49(66-73-64(45-12-3-1-4-13-45)72-65(74-66)46-14-5-2-6-15-46)36-56(61)63-62(20-11-27-71-63)76-58-19-10-8-17-53(58)55-35-48(22-25-60(55)76)51-32-43(39-69)29-44(33-51)40-70/h1-36H. The SMILES string of the molecule is N#Cc1cc(C#N)cc(-c2ccc3c(c2)c2ccccc2n3-c2ccc(-c3nc(-c4ccccc4)nc(-c4ccccc4)n3)cc2-c2ncccc2-n2c3ccccc3c3cc(-c4cc(C#N)cc(C#N)c4)ccc32)c1. The Bertz CT molecular complexity index is 4570. The van der Waals surface area contributed by atoms with Crippen LogP contribution in [0.3, 0.4) is 0 Å². The summed E-state index contributed by atoms with van der Waals surface area (Å²) >= 11 is 0. The maximum absolute atomic E-state index is 9.89. The number of pyridine rings is 1. The number of benzene rings is 9. The van der Waals surface area contributed by atoms with Crippen LogP contribution in [-0.4, -0.2) is 29.1 Å². The highest BCUT2D eigenvalue weighted by Crippen LogP contribution is 2.43. The summed E-state index contributed by atoms with van der Waals surface area (Å²) in [6, 6.07) is 78.8. The molecular weight excluding hydrogens is 933 g/mol. The molecule has 13 rings (SSSR count). The fourth-order valence-electron chi connectivity index (χ4n) is 10.5. The smallest absolute Gasteiger partial charge is 0.164 e. The Kier molecular flexibility index (Phi) is 10.8. The van der Waals surface area contributed by atoms with Crippen LogP contribution >= 0.6 is 0 Å². The normalized spacial score (nSPS) is 11.1. The molecule has 0 spiro atoms. The van der Waals surface area contributed by atoms with Gasteiger partial charge < -0.3 is 9.13 Å². The van der Waals surface area contributed by atoms with E-state index in [0.29, 0.717) is 45.4 Å². The molecule has 13 aromatic rings. The van der Waals surface area contributed by atoms with Gasteiger partial charge in [0.1, 0.15) is 0 Å². The lowest BCUT2D eigenvalue weighted by atomic mass is 9.98. The zero-order valence-corrected chi connectivity index (χ0v) is 40.3. The molecule has 10 heteroatoms. The summed E-state index contributed by atoms with van der Waals surface area (Å²) in [5, 5.41) is 43.5. The summed E-state index contributed by atoms with van der Waals surface area (Å²) in [5.41, 5.74) is 14.5. The summed E-state index contributed by atoms with van der Waals surface area (Å²) in [7, 11) is 0. The van der Waals surface area contributed by atoms with E-state index in [-0.39, 0.29) is 0 Å². The van der Waals surface area contributed by atoms with Crippen LogP contribution in [0.15, 0.2) is 219 Å². The monoisotopic (exact) mass is 968 g/mol. The molecule has 9 aromatic carbocycles. The van der Waals surface area contributed by atoms with Crippen molar-refractivity contribution in [3.8, 4) is 103 Å². The molecule has 0 saturated carbocycles. The second-order valence-corrected chi connectivity index (χ2v) is 18.4. The van der Waals surface area contributed by atoms with E-state index in [1.54, 1.807) is 12.1 Å². The molecule has 0 aliphatic rings. The van der Waals surface area contributed by atoms with Gasteiger partial charge in [-0.15, -0.1) is 0 Å². The van der Waals surface area contributed by atoms with Gasteiger partial charge in [0.25, 0.3) is 0 Å². The Morgan fingerprint density at radius 3 is 1.21 bits per heavy atom. The van der Waals surface area contributed by atoms with Gasteiger partial charge in [0.15, 0.2) is 17.5 Å². The first-order chi connectivity index (χ1) is 37.5. The molecule has 0 aliphatic carbocycles. The van der Waals surface area contributed by atoms with E-state index >= 15 is 0 Å². The van der Waals surface area contributed by atoms with Gasteiger partial charge in [-0.05, 0) is 125 Å². The minimum Gasteiger partial charge on any atom is -0.309 e. The summed E-state index contributed by atoms with van der Waals surface area (Å²) < 4.78 is 4.53. The van der Waals surface area contributed by atoms with Gasteiger partial charge in [0.05, 0.1) is 85.7 Å². The minimum atomic E-state index is 0.417. The summed E-state index contributed by atoms with van der Waals surface area (Å²) in [6.45, 7) is 0. The molecule has 0 bridgehead atoms. The van der Waals surface area contributed by atoms with Crippen molar-refractivity contribution in [1.82, 2.24) is 29.1 Å². The quantitative estimate of drug-likeness (QED) is 0.146. The Balaban J connectivity index is 1.08. The van der Waals surface area contributed by atoms with Crippen LogP contribution in [-0.2, 0) is 0 Å². The van der Waals surface area contributed by atoms with Crippen LogP contribution in [0.2, 0.25) is 0 Å². The number of rotatable bonds is 8. The molecule has 4 aromatic heterocycles. The van der Waals surface area contributed by atoms with Crippen molar-refractivity contribution in [3.63, 3.8) is 0 Å². The van der Waals surface area contributed by atoms with Gasteiger partial charge in [-0.3, -0.25) is 4.98 Å². The molecule has 0 atom stereocenters. The number of nitrogens with zero attached hydrogens (tertiary/aromatic N) is 10. The fourth-order valence-corrected chi connectivity index (χ4v) is 10.5. The van der Waals surface area contributed by atoms with Crippen LogP contribution in [0, 0.1) is 45.3 Å². The molecule has 0 saturated heterocycles. The van der Waals surface area contributed by atoms with E-state index < -0.39 is 0 Å². The van der Waals surface area contributed by atoms with Crippen LogP contribution in [0.4, 0.5) is 0 Å². The maximum atomic E-state index is 9.89. The molecule has 350 valence electrons. The van der Waals surface area contributed by atoms with Crippen LogP contribution < -0.4 is 0 Å². The van der Waals surface area contributed by atoms with Crippen LogP contribution in [0.1, 0.15) is 22.3 Å². The predicted molar refractivity (Wildman–Crippen MR) is 298 cm³/mol. The van der Waals surface area contributed by atoms with Gasteiger partial charge in [-0.25, -0.2) is 15.0 Å². The average molecular weight is 969 g/mol. The predicted octanol–water partition coefficient (Wildman–Crippen LogP) is 14.9. The largest absolute Gasteiger partial charge is 0.309 e. The van der Waals surface area contributed by atoms with Crippen molar-refractivity contribution < 1.29 is 0 Å². The van der Waals surface area contributed by atoms with Gasteiger partial charge in [0.2, 0.25) is 0 Å². The number of hydrogen-bond acceptors (Lipinski definition) is 8. The lowest BCUT2D eigenvalue weighted by Crippen LogP contribution is -2.04. The third kappa shape index (κ3) is 7.64. The van der Waals surface area contributed by atoms with E-state index in [9.17, 15) is 21.0 Å². The van der Waals surface area contributed by atoms with Crippen molar-refractivity contribution in [1.29, 1.82) is 21.0 Å². The molecule has 0 fully saturated rings. The average Bonchev–Trinajstić information content (AvgIpc) is 4.10. The highest BCUT2D eigenvalue weighted by atomic mass is 15.0. The second kappa shape index (κ2) is 18.4. The molecule has 10 nitrogen and oxygen atoms in total. The van der Waals surface area contributed by atoms with Gasteiger partial charge in [0, 0.05) is 50.0 Å². The molecule has 76 heavy (non-hydrogen) atoms. The van der Waals surface area contributed by atoms with Crippen LogP contribution in [0.5, 0.6) is 0 Å². The first-order valence-corrected chi connectivity index (χ1v) is 24.4. The highest BCUT2D eigenvalue weighted by molar-refractivity contribution is 6.13. The van der Waals surface area contributed by atoms with E-state index in [2.05, 4.69) is 106 Å². The Labute approximate surface area is 435 Å². The van der Waals surface area contributed by atoms with E-state index in [0.717, 1.165) is 99.5 Å². The molecule has 0 amide bonds. The number of nitriles is 4. The van der Waals surface area contributed by atoms with Crippen molar-refractivity contribution in [2.75, 3.05) is 0 Å². The number of para-hydroxylation sites is 2. The van der Waals surface area contributed by atoms with E-state index in [1.165, 1.54) is 0 Å². The molecule has 0 radical (unpaired) electrons. The highest BCUT2D eigenvalue weighted by Gasteiger charge is 2.24. The third-order valence-corrected chi connectivity index (χ3v) is 13.9. The van der Waals surface area contributed by atoms with Crippen LogP contribution in [0.25, 0.3) is 123 Å². The Hall–Kier alpha value is -11.3. The minimum absolute atomic E-state index is 0.417. The number of hydrogen-bond donors (Lipinski definition) is 0. The summed E-state index contributed by atoms with van der Waals surface area (Å²) in [4.78, 5) is 20.6. The zero-order valence-electron chi connectivity index (χ0n) is 40.3. The van der Waals surface area contributed by atoms with E-state index in [1.807, 2.05) is 134 Å². The lowest BCUT2D eigenvalue weighted by molar-refractivity contribution is 1.07. The third-order valence-electron chi connectivity index (χ3n) is 13.9. The first kappa shape index (κ1) is 44.6. The first-order valence-electron chi connectivity index (χ1n) is 24.4. The van der Waals surface area contributed by atoms with Crippen molar-refractivity contribution in [2.45, 2.75) is 0 Å². The van der Waals surface area contributed by atoms with Crippen molar-refractivity contribution in [3.05, 3.63) is 241 Å². The number of fused-ring (bicyclic) bond motifs is 6. The van der Waals surface area contributed by atoms with Crippen molar-refractivity contribution >= 4 is 43.6 Å². The molecule has 0 aliphatic heterocycles. The maximum Gasteiger partial charge on any atom is 0.164 e. The van der Waals surface area contributed by atoms with Crippen molar-refractivity contribution in [2.24, 2.45) is 0 Å². The molecule has 4 heterocycles. The zero-order chi connectivity index (χ0) is 51.3. The second-order valence-electron chi connectivity index (χ2n) is 18.4. The summed E-state index contributed by atoms with van der Waals surface area (Å²) in [6.07, 6.45) is 1.82. The fraction of sp³-hybridized carbons (Fsp3) is 0. The summed E-state index contributed by atoms with van der Waals surface area (Å²) in [5.74, 6) is 1.58. The molecule has 0 unspecified atom stereocenters. The Morgan fingerprint density at radius 1 is 0.303 bits per heavy atom. The molecular formula is C66H36N10. The van der Waals surface area contributed by atoms with Gasteiger partial charge in [-0.2, -0.15) is 21.0 Å². The molecule has 0 N–H and O–H groups in total.